The normalized spacial score (nSPS) is 14.4. The van der Waals surface area contributed by atoms with Crippen LogP contribution in [0.25, 0.3) is 0 Å². The zero-order chi connectivity index (χ0) is 15.0. The highest BCUT2D eigenvalue weighted by Gasteiger charge is 2.24. The number of nitrogens with zero attached hydrogens (tertiary/aromatic N) is 3. The third-order valence-electron chi connectivity index (χ3n) is 4.05. The number of carbonyl (C=O) groups excluding carboxylic acids is 1. The van der Waals surface area contributed by atoms with E-state index in [0.717, 1.165) is 18.7 Å². The summed E-state index contributed by atoms with van der Waals surface area (Å²) in [5.74, 6) is 0.0343. The molecule has 0 saturated heterocycles. The molecular formula is C17H21N3O. The van der Waals surface area contributed by atoms with Gasteiger partial charge >= 0.3 is 0 Å². The highest BCUT2D eigenvalue weighted by molar-refractivity contribution is 5.92. The van der Waals surface area contributed by atoms with Crippen molar-refractivity contribution < 1.29 is 4.79 Å². The zero-order valence-corrected chi connectivity index (χ0v) is 12.8. The van der Waals surface area contributed by atoms with Crippen LogP contribution in [0.1, 0.15) is 47.2 Å². The summed E-state index contributed by atoms with van der Waals surface area (Å²) in [7, 11) is 0. The quantitative estimate of drug-likeness (QED) is 0.850. The van der Waals surface area contributed by atoms with E-state index >= 15 is 0 Å². The number of fused-ring (bicyclic) bond motifs is 1. The number of hydrogen-bond acceptors (Lipinski definition) is 2. The molecule has 1 aliphatic rings. The number of carbonyl (C=O) groups is 1. The predicted molar refractivity (Wildman–Crippen MR) is 82.2 cm³/mol. The molecule has 0 radical (unpaired) electrons. The minimum atomic E-state index is 0.0343. The SMILES string of the molecule is Cc1cc(C(=O)N2CCc3ccccc3C2)nn1C(C)C. The highest BCUT2D eigenvalue weighted by atomic mass is 16.2. The van der Waals surface area contributed by atoms with Crippen molar-refractivity contribution in [1.82, 2.24) is 14.7 Å². The van der Waals surface area contributed by atoms with Crippen molar-refractivity contribution in [3.05, 3.63) is 52.8 Å². The van der Waals surface area contributed by atoms with Gasteiger partial charge in [0.15, 0.2) is 5.69 Å². The molecule has 3 rings (SSSR count). The highest BCUT2D eigenvalue weighted by Crippen LogP contribution is 2.20. The van der Waals surface area contributed by atoms with Crippen LogP contribution in [-0.2, 0) is 13.0 Å². The van der Waals surface area contributed by atoms with E-state index in [4.69, 9.17) is 0 Å². The van der Waals surface area contributed by atoms with Gasteiger partial charge in [-0.05, 0) is 44.4 Å². The van der Waals surface area contributed by atoms with Crippen LogP contribution in [-0.4, -0.2) is 27.1 Å². The number of benzene rings is 1. The standard InChI is InChI=1S/C17H21N3O/c1-12(2)20-13(3)10-16(18-20)17(21)19-9-8-14-6-4-5-7-15(14)11-19/h4-7,10,12H,8-9,11H2,1-3H3. The lowest BCUT2D eigenvalue weighted by atomic mass is 10.00. The van der Waals surface area contributed by atoms with Gasteiger partial charge in [-0.1, -0.05) is 24.3 Å². The van der Waals surface area contributed by atoms with Gasteiger partial charge in [0.25, 0.3) is 5.91 Å². The minimum absolute atomic E-state index is 0.0343. The molecule has 0 aliphatic carbocycles. The second kappa shape index (κ2) is 5.35. The maximum absolute atomic E-state index is 12.6. The van der Waals surface area contributed by atoms with E-state index in [1.165, 1.54) is 11.1 Å². The molecule has 0 saturated carbocycles. The first-order valence-electron chi connectivity index (χ1n) is 7.48. The Morgan fingerprint density at radius 3 is 2.62 bits per heavy atom. The van der Waals surface area contributed by atoms with Crippen molar-refractivity contribution in [2.45, 2.75) is 39.8 Å². The number of aryl methyl sites for hydroxylation is 1. The van der Waals surface area contributed by atoms with Crippen LogP contribution in [0.3, 0.4) is 0 Å². The molecule has 4 heteroatoms. The molecule has 2 heterocycles. The van der Waals surface area contributed by atoms with E-state index in [0.29, 0.717) is 12.2 Å². The summed E-state index contributed by atoms with van der Waals surface area (Å²) < 4.78 is 1.91. The molecule has 0 spiro atoms. The van der Waals surface area contributed by atoms with Gasteiger partial charge in [-0.15, -0.1) is 0 Å². The van der Waals surface area contributed by atoms with Crippen LogP contribution in [0.2, 0.25) is 0 Å². The molecule has 0 N–H and O–H groups in total. The molecule has 21 heavy (non-hydrogen) atoms. The maximum atomic E-state index is 12.6. The summed E-state index contributed by atoms with van der Waals surface area (Å²) in [5, 5.41) is 4.47. The van der Waals surface area contributed by atoms with E-state index in [1.807, 2.05) is 28.6 Å². The third kappa shape index (κ3) is 2.58. The van der Waals surface area contributed by atoms with Gasteiger partial charge in [-0.2, -0.15) is 5.10 Å². The average Bonchev–Trinajstić information content (AvgIpc) is 2.88. The van der Waals surface area contributed by atoms with Gasteiger partial charge in [0.1, 0.15) is 0 Å². The molecule has 0 bridgehead atoms. The molecule has 0 fully saturated rings. The number of amides is 1. The molecule has 4 nitrogen and oxygen atoms in total. The summed E-state index contributed by atoms with van der Waals surface area (Å²) in [6.07, 6.45) is 0.922. The summed E-state index contributed by atoms with van der Waals surface area (Å²) >= 11 is 0. The molecule has 0 unspecified atom stereocenters. The second-order valence-corrected chi connectivity index (χ2v) is 5.95. The van der Waals surface area contributed by atoms with Crippen molar-refractivity contribution in [2.75, 3.05) is 6.54 Å². The minimum Gasteiger partial charge on any atom is -0.333 e. The number of aromatic nitrogens is 2. The molecule has 1 aromatic carbocycles. The van der Waals surface area contributed by atoms with Crippen LogP contribution >= 0.6 is 0 Å². The lowest BCUT2D eigenvalue weighted by Crippen LogP contribution is -2.36. The fourth-order valence-corrected chi connectivity index (χ4v) is 2.95. The van der Waals surface area contributed by atoms with Crippen molar-refractivity contribution in [2.24, 2.45) is 0 Å². The van der Waals surface area contributed by atoms with E-state index in [-0.39, 0.29) is 11.9 Å². The van der Waals surface area contributed by atoms with Gasteiger partial charge in [-0.25, -0.2) is 0 Å². The monoisotopic (exact) mass is 283 g/mol. The molecule has 2 aromatic rings. The smallest absolute Gasteiger partial charge is 0.274 e. The Morgan fingerprint density at radius 2 is 1.95 bits per heavy atom. The van der Waals surface area contributed by atoms with Crippen LogP contribution in [0.4, 0.5) is 0 Å². The van der Waals surface area contributed by atoms with Crippen LogP contribution in [0.5, 0.6) is 0 Å². The Labute approximate surface area is 125 Å². The summed E-state index contributed by atoms with van der Waals surface area (Å²) in [6.45, 7) is 7.60. The van der Waals surface area contributed by atoms with Gasteiger partial charge in [0.2, 0.25) is 0 Å². The fourth-order valence-electron chi connectivity index (χ4n) is 2.95. The first-order valence-corrected chi connectivity index (χ1v) is 7.48. The van der Waals surface area contributed by atoms with E-state index in [2.05, 4.69) is 37.1 Å². The fraction of sp³-hybridized carbons (Fsp3) is 0.412. The number of hydrogen-bond donors (Lipinski definition) is 0. The topological polar surface area (TPSA) is 38.1 Å². The first kappa shape index (κ1) is 13.9. The first-order chi connectivity index (χ1) is 10.1. The molecular weight excluding hydrogens is 262 g/mol. The molecule has 1 aromatic heterocycles. The third-order valence-corrected chi connectivity index (χ3v) is 4.05. The second-order valence-electron chi connectivity index (χ2n) is 5.95. The van der Waals surface area contributed by atoms with Crippen molar-refractivity contribution in [3.63, 3.8) is 0 Å². The Kier molecular flexibility index (Phi) is 3.53. The number of rotatable bonds is 2. The predicted octanol–water partition coefficient (Wildman–Crippen LogP) is 2.97. The zero-order valence-electron chi connectivity index (χ0n) is 12.8. The Morgan fingerprint density at radius 1 is 1.24 bits per heavy atom. The van der Waals surface area contributed by atoms with Gasteiger partial charge in [-0.3, -0.25) is 9.48 Å². The van der Waals surface area contributed by atoms with E-state index < -0.39 is 0 Å². The Balaban J connectivity index is 1.82. The molecule has 1 aliphatic heterocycles. The van der Waals surface area contributed by atoms with Crippen molar-refractivity contribution in [1.29, 1.82) is 0 Å². The maximum Gasteiger partial charge on any atom is 0.274 e. The van der Waals surface area contributed by atoms with Crippen LogP contribution in [0, 0.1) is 6.92 Å². The summed E-state index contributed by atoms with van der Waals surface area (Å²) in [6, 6.07) is 10.5. The van der Waals surface area contributed by atoms with E-state index in [9.17, 15) is 4.79 Å². The largest absolute Gasteiger partial charge is 0.333 e. The molecule has 0 atom stereocenters. The van der Waals surface area contributed by atoms with Gasteiger partial charge in [0, 0.05) is 24.8 Å². The lowest BCUT2D eigenvalue weighted by Gasteiger charge is -2.28. The van der Waals surface area contributed by atoms with Crippen LogP contribution < -0.4 is 0 Å². The lowest BCUT2D eigenvalue weighted by molar-refractivity contribution is 0.0727. The summed E-state index contributed by atoms with van der Waals surface area (Å²) in [4.78, 5) is 14.5. The van der Waals surface area contributed by atoms with Crippen molar-refractivity contribution in [3.8, 4) is 0 Å². The average molecular weight is 283 g/mol. The Hall–Kier alpha value is -2.10. The van der Waals surface area contributed by atoms with Crippen molar-refractivity contribution >= 4 is 5.91 Å². The van der Waals surface area contributed by atoms with Gasteiger partial charge in [0.05, 0.1) is 0 Å². The molecule has 110 valence electrons. The summed E-state index contributed by atoms with van der Waals surface area (Å²) in [5.41, 5.74) is 4.19. The van der Waals surface area contributed by atoms with Gasteiger partial charge < -0.3 is 4.90 Å². The Bertz CT molecular complexity index is 672. The van der Waals surface area contributed by atoms with Crippen LogP contribution in [0.15, 0.2) is 30.3 Å². The van der Waals surface area contributed by atoms with E-state index in [1.54, 1.807) is 0 Å². The molecule has 1 amide bonds.